The molecule has 1 aromatic rings. The van der Waals surface area contributed by atoms with Crippen molar-refractivity contribution < 1.29 is 17.9 Å². The highest BCUT2D eigenvalue weighted by molar-refractivity contribution is 7.89. The molecule has 0 saturated carbocycles. The van der Waals surface area contributed by atoms with Crippen LogP contribution in [0.5, 0.6) is 0 Å². The Labute approximate surface area is 118 Å². The molecule has 0 aliphatic heterocycles. The van der Waals surface area contributed by atoms with Crippen LogP contribution in [0.25, 0.3) is 0 Å². The normalized spacial score (nSPS) is 12.2. The van der Waals surface area contributed by atoms with E-state index in [4.69, 9.17) is 5.73 Å². The number of anilines is 1. The molecule has 1 rings (SSSR count). The fourth-order valence-electron chi connectivity index (χ4n) is 1.79. The second kappa shape index (κ2) is 5.80. The van der Waals surface area contributed by atoms with Crippen molar-refractivity contribution in [3.8, 4) is 0 Å². The molecule has 20 heavy (non-hydrogen) atoms. The number of sulfonamides is 1. The van der Waals surface area contributed by atoms with Gasteiger partial charge in [-0.1, -0.05) is 0 Å². The molecule has 0 bridgehead atoms. The predicted octanol–water partition coefficient (Wildman–Crippen LogP) is -0.117. The van der Waals surface area contributed by atoms with E-state index in [1.54, 1.807) is 27.8 Å². The van der Waals surface area contributed by atoms with Gasteiger partial charge in [-0.3, -0.25) is 9.48 Å². The Balaban J connectivity index is 3.34. The van der Waals surface area contributed by atoms with Crippen LogP contribution in [0.15, 0.2) is 4.90 Å². The van der Waals surface area contributed by atoms with E-state index in [-0.39, 0.29) is 17.3 Å². The number of carbonyl (C=O) groups excluding carboxylic acids is 1. The van der Waals surface area contributed by atoms with Crippen molar-refractivity contribution in [1.82, 2.24) is 14.1 Å². The van der Waals surface area contributed by atoms with Crippen LogP contribution in [0.3, 0.4) is 0 Å². The summed E-state index contributed by atoms with van der Waals surface area (Å²) in [6, 6.07) is -0.418. The van der Waals surface area contributed by atoms with Gasteiger partial charge in [-0.05, 0) is 20.8 Å². The van der Waals surface area contributed by atoms with E-state index in [0.29, 0.717) is 5.69 Å². The summed E-state index contributed by atoms with van der Waals surface area (Å²) in [6.07, 6.45) is 0. The fraction of sp³-hybridized carbons (Fsp3) is 0.636. The van der Waals surface area contributed by atoms with Gasteiger partial charge >= 0.3 is 5.97 Å². The van der Waals surface area contributed by atoms with Gasteiger partial charge in [0.15, 0.2) is 5.82 Å². The summed E-state index contributed by atoms with van der Waals surface area (Å²) in [5.74, 6) is -0.720. The SMILES string of the molecule is COC(=O)CN(C(C)C)S(=O)(=O)c1c(N)nn(C)c1C. The van der Waals surface area contributed by atoms with E-state index in [1.165, 1.54) is 11.8 Å². The Morgan fingerprint density at radius 3 is 2.40 bits per heavy atom. The minimum atomic E-state index is -3.92. The number of hydrogen-bond acceptors (Lipinski definition) is 6. The summed E-state index contributed by atoms with van der Waals surface area (Å²) in [7, 11) is -1.11. The standard InChI is InChI=1S/C11H20N4O4S/c1-7(2)15(6-9(16)19-5)20(17,18)10-8(3)14(4)13-11(10)12/h7H,6H2,1-5H3,(H2,12,13). The molecular formula is C11H20N4O4S. The summed E-state index contributed by atoms with van der Waals surface area (Å²) in [5, 5.41) is 3.89. The summed E-state index contributed by atoms with van der Waals surface area (Å²) in [5.41, 5.74) is 6.09. The largest absolute Gasteiger partial charge is 0.468 e. The van der Waals surface area contributed by atoms with E-state index in [0.717, 1.165) is 4.31 Å². The predicted molar refractivity (Wildman–Crippen MR) is 73.4 cm³/mol. The van der Waals surface area contributed by atoms with Gasteiger partial charge in [0.25, 0.3) is 0 Å². The Bertz CT molecular complexity index is 606. The molecule has 0 atom stereocenters. The summed E-state index contributed by atoms with van der Waals surface area (Å²) in [4.78, 5) is 11.3. The molecule has 0 spiro atoms. The fourth-order valence-corrected chi connectivity index (χ4v) is 3.66. The lowest BCUT2D eigenvalue weighted by Crippen LogP contribution is -2.41. The molecule has 8 nitrogen and oxygen atoms in total. The van der Waals surface area contributed by atoms with Crippen molar-refractivity contribution in [1.29, 1.82) is 0 Å². The number of carbonyl (C=O) groups is 1. The minimum absolute atomic E-state index is 0.0717. The van der Waals surface area contributed by atoms with Crippen LogP contribution >= 0.6 is 0 Å². The molecule has 0 unspecified atom stereocenters. The van der Waals surface area contributed by atoms with Gasteiger partial charge in [0.1, 0.15) is 11.4 Å². The number of esters is 1. The molecule has 1 heterocycles. The van der Waals surface area contributed by atoms with Crippen molar-refractivity contribution in [2.24, 2.45) is 7.05 Å². The molecule has 0 saturated heterocycles. The molecule has 0 amide bonds. The molecule has 0 radical (unpaired) electrons. The van der Waals surface area contributed by atoms with Gasteiger partial charge in [0.05, 0.1) is 12.8 Å². The van der Waals surface area contributed by atoms with Crippen molar-refractivity contribution in [3.05, 3.63) is 5.69 Å². The lowest BCUT2D eigenvalue weighted by Gasteiger charge is -2.24. The molecule has 9 heteroatoms. The molecule has 1 aromatic heterocycles. The van der Waals surface area contributed by atoms with Gasteiger partial charge in [-0.2, -0.15) is 9.40 Å². The van der Waals surface area contributed by atoms with Crippen LogP contribution in [-0.4, -0.2) is 48.2 Å². The highest BCUT2D eigenvalue weighted by Gasteiger charge is 2.34. The van der Waals surface area contributed by atoms with Gasteiger partial charge < -0.3 is 10.5 Å². The van der Waals surface area contributed by atoms with Crippen LogP contribution in [0.2, 0.25) is 0 Å². The topological polar surface area (TPSA) is 108 Å². The van der Waals surface area contributed by atoms with Crippen molar-refractivity contribution in [2.45, 2.75) is 31.7 Å². The molecule has 0 aliphatic carbocycles. The van der Waals surface area contributed by atoms with Crippen LogP contribution in [-0.2, 0) is 26.6 Å². The van der Waals surface area contributed by atoms with E-state index < -0.39 is 22.0 Å². The highest BCUT2D eigenvalue weighted by Crippen LogP contribution is 2.26. The third-order valence-electron chi connectivity index (χ3n) is 2.96. The smallest absolute Gasteiger partial charge is 0.321 e. The van der Waals surface area contributed by atoms with Gasteiger partial charge in [0, 0.05) is 13.1 Å². The zero-order valence-corrected chi connectivity index (χ0v) is 13.1. The molecular weight excluding hydrogens is 284 g/mol. The average Bonchev–Trinajstić information content (AvgIpc) is 2.59. The van der Waals surface area contributed by atoms with Crippen LogP contribution < -0.4 is 5.73 Å². The Kier molecular flexibility index (Phi) is 4.77. The van der Waals surface area contributed by atoms with Crippen molar-refractivity contribution in [2.75, 3.05) is 19.4 Å². The first-order valence-corrected chi connectivity index (χ1v) is 7.44. The summed E-state index contributed by atoms with van der Waals surface area (Å²) >= 11 is 0. The first kappa shape index (κ1) is 16.4. The van der Waals surface area contributed by atoms with Crippen molar-refractivity contribution >= 4 is 21.8 Å². The lowest BCUT2D eigenvalue weighted by atomic mass is 10.4. The van der Waals surface area contributed by atoms with Crippen LogP contribution in [0, 0.1) is 6.92 Å². The van der Waals surface area contributed by atoms with Crippen LogP contribution in [0.1, 0.15) is 19.5 Å². The second-order valence-corrected chi connectivity index (χ2v) is 6.47. The molecule has 0 fully saturated rings. The van der Waals surface area contributed by atoms with Crippen LogP contribution in [0.4, 0.5) is 5.82 Å². The number of aromatic nitrogens is 2. The maximum Gasteiger partial charge on any atom is 0.321 e. The summed E-state index contributed by atoms with van der Waals surface area (Å²) in [6.45, 7) is 4.57. The zero-order chi connectivity index (χ0) is 15.7. The summed E-state index contributed by atoms with van der Waals surface area (Å²) < 4.78 is 32.3. The molecule has 0 aromatic carbocycles. The van der Waals surface area contributed by atoms with E-state index >= 15 is 0 Å². The number of hydrogen-bond donors (Lipinski definition) is 1. The van der Waals surface area contributed by atoms with Gasteiger partial charge in [-0.25, -0.2) is 8.42 Å². The van der Waals surface area contributed by atoms with Crippen molar-refractivity contribution in [3.63, 3.8) is 0 Å². The first-order chi connectivity index (χ1) is 9.12. The zero-order valence-electron chi connectivity index (χ0n) is 12.2. The van der Waals surface area contributed by atoms with E-state index in [2.05, 4.69) is 9.84 Å². The number of rotatable bonds is 5. The third kappa shape index (κ3) is 2.93. The Morgan fingerprint density at radius 1 is 1.50 bits per heavy atom. The third-order valence-corrected chi connectivity index (χ3v) is 5.15. The Morgan fingerprint density at radius 2 is 2.05 bits per heavy atom. The van der Waals surface area contributed by atoms with E-state index in [1.807, 2.05) is 0 Å². The molecule has 0 aliphatic rings. The highest BCUT2D eigenvalue weighted by atomic mass is 32.2. The number of nitrogens with two attached hydrogens (primary N) is 1. The molecule has 114 valence electrons. The average molecular weight is 304 g/mol. The monoisotopic (exact) mass is 304 g/mol. The minimum Gasteiger partial charge on any atom is -0.468 e. The second-order valence-electron chi connectivity index (χ2n) is 4.64. The maximum absolute atomic E-state index is 12.7. The first-order valence-electron chi connectivity index (χ1n) is 6.00. The quantitative estimate of drug-likeness (QED) is 0.760. The lowest BCUT2D eigenvalue weighted by molar-refractivity contribution is -0.141. The van der Waals surface area contributed by atoms with Gasteiger partial charge in [0.2, 0.25) is 10.0 Å². The number of aryl methyl sites for hydroxylation is 1. The number of methoxy groups -OCH3 is 1. The number of nitrogen functional groups attached to an aromatic ring is 1. The van der Waals surface area contributed by atoms with E-state index in [9.17, 15) is 13.2 Å². The maximum atomic E-state index is 12.7. The molecule has 2 N–H and O–H groups in total. The number of nitrogens with zero attached hydrogens (tertiary/aromatic N) is 3. The number of ether oxygens (including phenoxy) is 1. The van der Waals surface area contributed by atoms with Gasteiger partial charge in [-0.15, -0.1) is 0 Å². The Hall–Kier alpha value is -1.61.